The number of pyridine rings is 1. The molecule has 3 nitrogen and oxygen atoms in total. The van der Waals surface area contributed by atoms with Gasteiger partial charge in [-0.1, -0.05) is 35.9 Å². The summed E-state index contributed by atoms with van der Waals surface area (Å²) in [6, 6.07) is 11.3. The van der Waals surface area contributed by atoms with Gasteiger partial charge in [-0.25, -0.2) is 0 Å². The molecule has 0 fully saturated rings. The number of hydrogen-bond donors (Lipinski definition) is 0. The third-order valence-electron chi connectivity index (χ3n) is 2.56. The minimum atomic E-state index is -0.298. The number of esters is 1. The van der Waals surface area contributed by atoms with E-state index < -0.39 is 0 Å². The molecule has 2 rings (SSSR count). The standard InChI is InChI=1S/C14H12ClNO2/c1-18-14(17)8-11-7-6-10(9-16-11)12-4-2-3-5-13(12)15/h2-7,9H,8H2,1H3. The Morgan fingerprint density at radius 3 is 2.67 bits per heavy atom. The van der Waals surface area contributed by atoms with Crippen LogP contribution in [-0.2, 0) is 16.0 Å². The van der Waals surface area contributed by atoms with E-state index >= 15 is 0 Å². The molecule has 0 unspecified atom stereocenters. The van der Waals surface area contributed by atoms with E-state index in [9.17, 15) is 4.79 Å². The second-order valence-electron chi connectivity index (χ2n) is 3.77. The summed E-state index contributed by atoms with van der Waals surface area (Å²) in [5.41, 5.74) is 2.53. The molecule has 1 heterocycles. The minimum Gasteiger partial charge on any atom is -0.469 e. The number of halogens is 1. The van der Waals surface area contributed by atoms with Gasteiger partial charge >= 0.3 is 5.97 Å². The van der Waals surface area contributed by atoms with Crippen LogP contribution in [0.4, 0.5) is 0 Å². The Morgan fingerprint density at radius 1 is 1.28 bits per heavy atom. The van der Waals surface area contributed by atoms with Crippen LogP contribution in [0.15, 0.2) is 42.6 Å². The van der Waals surface area contributed by atoms with Crippen molar-refractivity contribution in [3.63, 3.8) is 0 Å². The van der Waals surface area contributed by atoms with Gasteiger partial charge in [0.1, 0.15) is 0 Å². The van der Waals surface area contributed by atoms with E-state index in [-0.39, 0.29) is 12.4 Å². The molecule has 92 valence electrons. The maximum absolute atomic E-state index is 11.1. The summed E-state index contributed by atoms with van der Waals surface area (Å²) >= 11 is 6.10. The second kappa shape index (κ2) is 5.65. The number of benzene rings is 1. The monoisotopic (exact) mass is 261 g/mol. The van der Waals surface area contributed by atoms with Crippen molar-refractivity contribution in [1.29, 1.82) is 0 Å². The SMILES string of the molecule is COC(=O)Cc1ccc(-c2ccccc2Cl)cn1. The van der Waals surface area contributed by atoms with E-state index in [4.69, 9.17) is 11.6 Å². The second-order valence-corrected chi connectivity index (χ2v) is 4.18. The Kier molecular flexibility index (Phi) is 3.95. The predicted octanol–water partition coefficient (Wildman–Crippen LogP) is 3.12. The van der Waals surface area contributed by atoms with Crippen molar-refractivity contribution in [2.24, 2.45) is 0 Å². The summed E-state index contributed by atoms with van der Waals surface area (Å²) in [6.07, 6.45) is 1.89. The minimum absolute atomic E-state index is 0.180. The van der Waals surface area contributed by atoms with Crippen LogP contribution in [0.1, 0.15) is 5.69 Å². The van der Waals surface area contributed by atoms with Gasteiger partial charge in [-0.05, 0) is 12.1 Å². The fraction of sp³-hybridized carbons (Fsp3) is 0.143. The van der Waals surface area contributed by atoms with Gasteiger partial charge in [-0.2, -0.15) is 0 Å². The molecule has 0 aliphatic rings. The highest BCUT2D eigenvalue weighted by molar-refractivity contribution is 6.33. The van der Waals surface area contributed by atoms with Gasteiger partial charge in [0, 0.05) is 22.3 Å². The Balaban J connectivity index is 2.23. The van der Waals surface area contributed by atoms with Crippen LogP contribution in [0, 0.1) is 0 Å². The lowest BCUT2D eigenvalue weighted by molar-refractivity contribution is -0.139. The molecule has 0 aliphatic heterocycles. The van der Waals surface area contributed by atoms with Gasteiger partial charge in [0.25, 0.3) is 0 Å². The average Bonchev–Trinajstić information content (AvgIpc) is 2.40. The molecule has 0 saturated carbocycles. The van der Waals surface area contributed by atoms with E-state index in [0.717, 1.165) is 11.1 Å². The van der Waals surface area contributed by atoms with Crippen LogP contribution in [0.3, 0.4) is 0 Å². The molecule has 1 aromatic carbocycles. The topological polar surface area (TPSA) is 39.2 Å². The van der Waals surface area contributed by atoms with E-state index in [1.165, 1.54) is 7.11 Å². The number of hydrogen-bond acceptors (Lipinski definition) is 3. The zero-order valence-electron chi connectivity index (χ0n) is 9.89. The first-order chi connectivity index (χ1) is 8.70. The normalized spacial score (nSPS) is 10.1. The lowest BCUT2D eigenvalue weighted by Crippen LogP contribution is -2.05. The summed E-state index contributed by atoms with van der Waals surface area (Å²) in [5.74, 6) is -0.298. The first-order valence-corrected chi connectivity index (χ1v) is 5.85. The molecular weight excluding hydrogens is 250 g/mol. The van der Waals surface area contributed by atoms with E-state index in [1.54, 1.807) is 12.3 Å². The number of methoxy groups -OCH3 is 1. The Morgan fingerprint density at radius 2 is 2.06 bits per heavy atom. The molecule has 0 bridgehead atoms. The molecule has 4 heteroatoms. The molecule has 1 aromatic heterocycles. The molecule has 2 aromatic rings. The summed E-state index contributed by atoms with van der Waals surface area (Å²) < 4.78 is 4.59. The Hall–Kier alpha value is -1.87. The van der Waals surface area contributed by atoms with Crippen LogP contribution in [-0.4, -0.2) is 18.1 Å². The number of rotatable bonds is 3. The number of aromatic nitrogens is 1. The van der Waals surface area contributed by atoms with Crippen molar-refractivity contribution in [3.8, 4) is 11.1 Å². The highest BCUT2D eigenvalue weighted by atomic mass is 35.5. The summed E-state index contributed by atoms with van der Waals surface area (Å²) in [5, 5.41) is 0.681. The average molecular weight is 262 g/mol. The van der Waals surface area contributed by atoms with Crippen molar-refractivity contribution >= 4 is 17.6 Å². The van der Waals surface area contributed by atoms with Crippen molar-refractivity contribution in [1.82, 2.24) is 4.98 Å². The maximum Gasteiger partial charge on any atom is 0.311 e. The molecule has 0 amide bonds. The molecule has 0 saturated heterocycles. The Labute approximate surface area is 110 Å². The van der Waals surface area contributed by atoms with Gasteiger partial charge in [0.15, 0.2) is 0 Å². The van der Waals surface area contributed by atoms with Crippen molar-refractivity contribution < 1.29 is 9.53 Å². The lowest BCUT2D eigenvalue weighted by atomic mass is 10.1. The van der Waals surface area contributed by atoms with Crippen LogP contribution in [0.2, 0.25) is 5.02 Å². The zero-order valence-corrected chi connectivity index (χ0v) is 10.6. The zero-order chi connectivity index (χ0) is 13.0. The van der Waals surface area contributed by atoms with Crippen LogP contribution in [0.5, 0.6) is 0 Å². The molecule has 18 heavy (non-hydrogen) atoms. The highest BCUT2D eigenvalue weighted by Gasteiger charge is 2.06. The fourth-order valence-electron chi connectivity index (χ4n) is 1.60. The largest absolute Gasteiger partial charge is 0.469 e. The van der Waals surface area contributed by atoms with Gasteiger partial charge < -0.3 is 4.74 Å². The highest BCUT2D eigenvalue weighted by Crippen LogP contribution is 2.26. The fourth-order valence-corrected chi connectivity index (χ4v) is 1.85. The summed E-state index contributed by atoms with van der Waals surface area (Å²) in [7, 11) is 1.36. The van der Waals surface area contributed by atoms with Gasteiger partial charge in [0.2, 0.25) is 0 Å². The third-order valence-corrected chi connectivity index (χ3v) is 2.89. The molecular formula is C14H12ClNO2. The number of ether oxygens (including phenoxy) is 1. The summed E-state index contributed by atoms with van der Waals surface area (Å²) in [6.45, 7) is 0. The number of carbonyl (C=O) groups is 1. The first-order valence-electron chi connectivity index (χ1n) is 5.47. The van der Waals surface area contributed by atoms with Gasteiger partial charge in [0.05, 0.1) is 19.2 Å². The van der Waals surface area contributed by atoms with Crippen LogP contribution in [0.25, 0.3) is 11.1 Å². The van der Waals surface area contributed by atoms with Gasteiger partial charge in [-0.15, -0.1) is 0 Å². The lowest BCUT2D eigenvalue weighted by Gasteiger charge is -2.05. The van der Waals surface area contributed by atoms with Gasteiger partial charge in [-0.3, -0.25) is 9.78 Å². The third kappa shape index (κ3) is 2.87. The van der Waals surface area contributed by atoms with E-state index in [0.29, 0.717) is 10.7 Å². The first kappa shape index (κ1) is 12.6. The quantitative estimate of drug-likeness (QED) is 0.797. The van der Waals surface area contributed by atoms with E-state index in [1.807, 2.05) is 30.3 Å². The smallest absolute Gasteiger partial charge is 0.311 e. The molecule has 0 aliphatic carbocycles. The Bertz CT molecular complexity index is 552. The maximum atomic E-state index is 11.1. The van der Waals surface area contributed by atoms with Crippen molar-refractivity contribution in [3.05, 3.63) is 53.3 Å². The number of carbonyl (C=O) groups excluding carboxylic acids is 1. The number of nitrogens with zero attached hydrogens (tertiary/aromatic N) is 1. The van der Waals surface area contributed by atoms with Crippen LogP contribution >= 0.6 is 11.6 Å². The van der Waals surface area contributed by atoms with E-state index in [2.05, 4.69) is 9.72 Å². The summed E-state index contributed by atoms with van der Waals surface area (Å²) in [4.78, 5) is 15.3. The molecule has 0 spiro atoms. The molecule has 0 radical (unpaired) electrons. The van der Waals surface area contributed by atoms with Crippen LogP contribution < -0.4 is 0 Å². The molecule has 0 atom stereocenters. The van der Waals surface area contributed by atoms with Crippen molar-refractivity contribution in [2.45, 2.75) is 6.42 Å². The molecule has 0 N–H and O–H groups in total. The predicted molar refractivity (Wildman–Crippen MR) is 70.4 cm³/mol. The van der Waals surface area contributed by atoms with Crippen molar-refractivity contribution in [2.75, 3.05) is 7.11 Å².